The third kappa shape index (κ3) is 5.80. The van der Waals surface area contributed by atoms with E-state index in [1.165, 1.54) is 77.8 Å². The van der Waals surface area contributed by atoms with Crippen molar-refractivity contribution in [3.05, 3.63) is 0 Å². The van der Waals surface area contributed by atoms with Gasteiger partial charge in [-0.15, -0.1) is 0 Å². The second kappa shape index (κ2) is 8.93. The molecule has 0 aromatic rings. The van der Waals surface area contributed by atoms with Crippen LogP contribution in [0.25, 0.3) is 0 Å². The molecule has 2 fully saturated rings. The second-order valence-electron chi connectivity index (χ2n) is 6.45. The minimum Gasteiger partial charge on any atom is -0.396 e. The second-order valence-corrected chi connectivity index (χ2v) is 6.45. The summed E-state index contributed by atoms with van der Waals surface area (Å²) in [6.07, 6.45) is 10.6. The molecule has 3 heteroatoms. The molecule has 2 saturated heterocycles. The highest BCUT2D eigenvalue weighted by Gasteiger charge is 2.22. The molecular formula is C16H32N2O. The quantitative estimate of drug-likeness (QED) is 0.749. The van der Waals surface area contributed by atoms with Gasteiger partial charge in [0.15, 0.2) is 0 Å². The van der Waals surface area contributed by atoms with Crippen LogP contribution in [0.4, 0.5) is 0 Å². The fourth-order valence-corrected chi connectivity index (χ4v) is 3.63. The number of aliphatic hydroxyl groups excluding tert-OH is 1. The van der Waals surface area contributed by atoms with Gasteiger partial charge in [0.1, 0.15) is 0 Å². The van der Waals surface area contributed by atoms with Crippen molar-refractivity contribution < 1.29 is 5.11 Å². The summed E-state index contributed by atoms with van der Waals surface area (Å²) in [6, 6.07) is 0. The molecule has 0 aliphatic carbocycles. The third-order valence-electron chi connectivity index (χ3n) is 4.70. The van der Waals surface area contributed by atoms with Crippen molar-refractivity contribution in [3.63, 3.8) is 0 Å². The zero-order chi connectivity index (χ0) is 13.3. The van der Waals surface area contributed by atoms with Crippen LogP contribution in [-0.2, 0) is 0 Å². The van der Waals surface area contributed by atoms with Crippen LogP contribution in [0.5, 0.6) is 0 Å². The molecule has 2 heterocycles. The Labute approximate surface area is 119 Å². The summed E-state index contributed by atoms with van der Waals surface area (Å²) in [4.78, 5) is 5.34. The van der Waals surface area contributed by atoms with Crippen LogP contribution in [0.15, 0.2) is 0 Å². The van der Waals surface area contributed by atoms with Gasteiger partial charge in [-0.05, 0) is 70.6 Å². The van der Waals surface area contributed by atoms with E-state index in [0.29, 0.717) is 6.61 Å². The van der Waals surface area contributed by atoms with E-state index >= 15 is 0 Å². The summed E-state index contributed by atoms with van der Waals surface area (Å²) in [6.45, 7) is 8.12. The monoisotopic (exact) mass is 268 g/mol. The Balaban J connectivity index is 1.67. The zero-order valence-corrected chi connectivity index (χ0v) is 12.5. The van der Waals surface area contributed by atoms with Crippen molar-refractivity contribution in [2.24, 2.45) is 5.92 Å². The third-order valence-corrected chi connectivity index (χ3v) is 4.70. The molecule has 2 rings (SSSR count). The molecule has 1 atom stereocenters. The lowest BCUT2D eigenvalue weighted by Gasteiger charge is -2.35. The van der Waals surface area contributed by atoms with Crippen molar-refractivity contribution >= 4 is 0 Å². The number of aliphatic hydroxyl groups is 1. The molecule has 1 unspecified atom stereocenters. The lowest BCUT2D eigenvalue weighted by Crippen LogP contribution is -2.41. The number of piperidine rings is 1. The number of likely N-dealkylation sites (tertiary alicyclic amines) is 2. The van der Waals surface area contributed by atoms with E-state index in [2.05, 4.69) is 9.80 Å². The normalized spacial score (nSPS) is 27.3. The van der Waals surface area contributed by atoms with Crippen molar-refractivity contribution in [2.75, 3.05) is 45.9 Å². The first kappa shape index (κ1) is 15.3. The first-order chi connectivity index (χ1) is 9.38. The predicted octanol–water partition coefficient (Wildman–Crippen LogP) is 2.35. The molecule has 19 heavy (non-hydrogen) atoms. The van der Waals surface area contributed by atoms with Gasteiger partial charge in [-0.25, -0.2) is 0 Å². The molecule has 1 N–H and O–H groups in total. The lowest BCUT2D eigenvalue weighted by atomic mass is 9.97. The molecular weight excluding hydrogens is 236 g/mol. The molecule has 0 spiro atoms. The molecule has 0 aromatic heterocycles. The van der Waals surface area contributed by atoms with Crippen LogP contribution < -0.4 is 0 Å². The van der Waals surface area contributed by atoms with Gasteiger partial charge in [-0.3, -0.25) is 0 Å². The van der Waals surface area contributed by atoms with E-state index in [1.807, 2.05) is 0 Å². The zero-order valence-electron chi connectivity index (χ0n) is 12.5. The maximum atomic E-state index is 8.87. The number of rotatable bonds is 6. The van der Waals surface area contributed by atoms with E-state index in [0.717, 1.165) is 18.8 Å². The van der Waals surface area contributed by atoms with E-state index in [1.54, 1.807) is 0 Å². The van der Waals surface area contributed by atoms with Crippen molar-refractivity contribution in [2.45, 2.75) is 51.4 Å². The molecule has 0 aromatic carbocycles. The number of nitrogens with zero attached hydrogens (tertiary/aromatic N) is 2. The molecule has 0 radical (unpaired) electrons. The smallest absolute Gasteiger partial charge is 0.0431 e. The van der Waals surface area contributed by atoms with Crippen LogP contribution in [-0.4, -0.2) is 60.8 Å². The van der Waals surface area contributed by atoms with Crippen LogP contribution in [0.1, 0.15) is 51.4 Å². The van der Waals surface area contributed by atoms with Gasteiger partial charge in [-0.2, -0.15) is 0 Å². The van der Waals surface area contributed by atoms with Gasteiger partial charge >= 0.3 is 0 Å². The van der Waals surface area contributed by atoms with Crippen molar-refractivity contribution in [3.8, 4) is 0 Å². The molecule has 112 valence electrons. The Hall–Kier alpha value is -0.120. The standard InChI is InChI=1S/C16H32N2O/c19-13-6-5-11-18-12-7-8-16(15-18)14-17-9-3-1-2-4-10-17/h16,19H,1-15H2. The molecule has 2 aliphatic rings. The SMILES string of the molecule is OCCCCN1CCCC(CN2CCCCCC2)C1. The highest BCUT2D eigenvalue weighted by atomic mass is 16.2. The Kier molecular flexibility index (Phi) is 7.18. The summed E-state index contributed by atoms with van der Waals surface area (Å²) in [5, 5.41) is 8.87. The van der Waals surface area contributed by atoms with E-state index in [9.17, 15) is 0 Å². The molecule has 0 bridgehead atoms. The Bertz CT molecular complexity index is 227. The Morgan fingerprint density at radius 3 is 2.32 bits per heavy atom. The number of hydrogen-bond donors (Lipinski definition) is 1. The summed E-state index contributed by atoms with van der Waals surface area (Å²) in [5.74, 6) is 0.890. The number of unbranched alkanes of at least 4 members (excludes halogenated alkanes) is 1. The van der Waals surface area contributed by atoms with Gasteiger partial charge < -0.3 is 14.9 Å². The van der Waals surface area contributed by atoms with Gasteiger partial charge in [0.2, 0.25) is 0 Å². The van der Waals surface area contributed by atoms with Crippen LogP contribution in [0.3, 0.4) is 0 Å². The minimum atomic E-state index is 0.352. The van der Waals surface area contributed by atoms with Gasteiger partial charge in [0, 0.05) is 19.7 Å². The fourth-order valence-electron chi connectivity index (χ4n) is 3.63. The summed E-state index contributed by atoms with van der Waals surface area (Å²) >= 11 is 0. The van der Waals surface area contributed by atoms with Crippen LogP contribution >= 0.6 is 0 Å². The van der Waals surface area contributed by atoms with Crippen molar-refractivity contribution in [1.29, 1.82) is 0 Å². The Morgan fingerprint density at radius 2 is 1.58 bits per heavy atom. The minimum absolute atomic E-state index is 0.352. The first-order valence-corrected chi connectivity index (χ1v) is 8.44. The van der Waals surface area contributed by atoms with E-state index in [-0.39, 0.29) is 0 Å². The molecule has 2 aliphatic heterocycles. The maximum absolute atomic E-state index is 8.87. The van der Waals surface area contributed by atoms with E-state index in [4.69, 9.17) is 5.11 Å². The highest BCUT2D eigenvalue weighted by Crippen LogP contribution is 2.20. The summed E-state index contributed by atoms with van der Waals surface area (Å²) in [5.41, 5.74) is 0. The lowest BCUT2D eigenvalue weighted by molar-refractivity contribution is 0.131. The molecule has 0 saturated carbocycles. The van der Waals surface area contributed by atoms with Crippen molar-refractivity contribution in [1.82, 2.24) is 9.80 Å². The highest BCUT2D eigenvalue weighted by molar-refractivity contribution is 4.77. The van der Waals surface area contributed by atoms with Crippen LogP contribution in [0.2, 0.25) is 0 Å². The first-order valence-electron chi connectivity index (χ1n) is 8.44. The number of hydrogen-bond acceptors (Lipinski definition) is 3. The average molecular weight is 268 g/mol. The van der Waals surface area contributed by atoms with Gasteiger partial charge in [-0.1, -0.05) is 12.8 Å². The topological polar surface area (TPSA) is 26.7 Å². The van der Waals surface area contributed by atoms with Gasteiger partial charge in [0.05, 0.1) is 0 Å². The maximum Gasteiger partial charge on any atom is 0.0431 e. The van der Waals surface area contributed by atoms with Crippen LogP contribution in [0, 0.1) is 5.92 Å². The summed E-state index contributed by atoms with van der Waals surface area (Å²) < 4.78 is 0. The van der Waals surface area contributed by atoms with Gasteiger partial charge in [0.25, 0.3) is 0 Å². The Morgan fingerprint density at radius 1 is 0.842 bits per heavy atom. The predicted molar refractivity (Wildman–Crippen MR) is 80.4 cm³/mol. The summed E-state index contributed by atoms with van der Waals surface area (Å²) in [7, 11) is 0. The average Bonchev–Trinajstić information content (AvgIpc) is 2.68. The van der Waals surface area contributed by atoms with E-state index < -0.39 is 0 Å². The molecule has 3 nitrogen and oxygen atoms in total. The fraction of sp³-hybridized carbons (Fsp3) is 1.00. The largest absolute Gasteiger partial charge is 0.396 e. The molecule has 0 amide bonds.